The molecule has 0 heterocycles. The van der Waals surface area contributed by atoms with Crippen LogP contribution in [-0.2, 0) is 9.59 Å². The van der Waals surface area contributed by atoms with Gasteiger partial charge in [0.05, 0.1) is 10.9 Å². The van der Waals surface area contributed by atoms with Crippen molar-refractivity contribution in [1.29, 1.82) is 0 Å². The molecular weight excluding hydrogens is 573 g/mol. The molecule has 0 aliphatic rings. The van der Waals surface area contributed by atoms with Crippen LogP contribution in [0.15, 0.2) is 132 Å². The summed E-state index contributed by atoms with van der Waals surface area (Å²) < 4.78 is 14.1. The lowest BCUT2D eigenvalue weighted by molar-refractivity contribution is -0.116. The van der Waals surface area contributed by atoms with E-state index in [9.17, 15) is 18.8 Å². The second-order valence-corrected chi connectivity index (χ2v) is 11.2. The number of hydrogen-bond donors (Lipinski definition) is 3. The van der Waals surface area contributed by atoms with Crippen molar-refractivity contribution < 1.29 is 18.8 Å². The third-order valence-electron chi connectivity index (χ3n) is 6.82. The maximum absolute atomic E-state index is 14.1. The Morgan fingerprint density at radius 1 is 0.795 bits per heavy atom. The summed E-state index contributed by atoms with van der Waals surface area (Å²) in [6.07, 6.45) is 2.17. The van der Waals surface area contributed by atoms with E-state index in [2.05, 4.69) is 16.0 Å². The molecule has 3 amide bonds. The average molecular weight is 604 g/mol. The molecule has 0 spiro atoms. The van der Waals surface area contributed by atoms with Crippen molar-refractivity contribution in [2.24, 2.45) is 0 Å². The van der Waals surface area contributed by atoms with Gasteiger partial charge in [0, 0.05) is 16.1 Å². The van der Waals surface area contributed by atoms with E-state index in [0.717, 1.165) is 21.2 Å². The zero-order valence-electron chi connectivity index (χ0n) is 23.9. The standard InChI is InChI=1S/C36H30FN3O3S/c1-2-33(36(43)39-31-21-9-8-20-30(31)37)44-28-18-11-17-27(23-28)38-35(42)32(40-34(41)25-13-4-3-5-14-25)22-26-16-10-15-24-12-6-7-19-29(24)26/h3-23,33H,2H2,1H3,(H,38,42)(H,39,43)(H,40,41)/b32-22+. The van der Waals surface area contributed by atoms with Crippen molar-refractivity contribution >= 4 is 57.7 Å². The number of rotatable bonds is 10. The van der Waals surface area contributed by atoms with Gasteiger partial charge in [-0.2, -0.15) is 0 Å². The predicted octanol–water partition coefficient (Wildman–Crippen LogP) is 7.90. The van der Waals surface area contributed by atoms with Crippen molar-refractivity contribution in [3.05, 3.63) is 144 Å². The van der Waals surface area contributed by atoms with Gasteiger partial charge in [-0.1, -0.05) is 85.8 Å². The quantitative estimate of drug-likeness (QED) is 0.112. The lowest BCUT2D eigenvalue weighted by Gasteiger charge is -2.16. The number of anilines is 2. The monoisotopic (exact) mass is 603 g/mol. The molecule has 0 aromatic heterocycles. The molecule has 1 atom stereocenters. The van der Waals surface area contributed by atoms with Gasteiger partial charge in [0.1, 0.15) is 11.5 Å². The minimum atomic E-state index is -0.506. The molecule has 1 unspecified atom stereocenters. The Kier molecular flexibility index (Phi) is 9.84. The maximum Gasteiger partial charge on any atom is 0.272 e. The highest BCUT2D eigenvalue weighted by atomic mass is 32.2. The van der Waals surface area contributed by atoms with Crippen LogP contribution in [0, 0.1) is 5.82 Å². The molecule has 0 bridgehead atoms. The highest BCUT2D eigenvalue weighted by Crippen LogP contribution is 2.29. The Morgan fingerprint density at radius 3 is 2.30 bits per heavy atom. The SMILES string of the molecule is CCC(Sc1cccc(NC(=O)/C(=C\c2cccc3ccccc23)NC(=O)c2ccccc2)c1)C(=O)Nc1ccccc1F. The van der Waals surface area contributed by atoms with Crippen molar-refractivity contribution in [2.45, 2.75) is 23.5 Å². The zero-order valence-corrected chi connectivity index (χ0v) is 24.7. The number of thioether (sulfide) groups is 1. The molecule has 5 rings (SSSR count). The van der Waals surface area contributed by atoms with Crippen LogP contribution in [0.3, 0.4) is 0 Å². The maximum atomic E-state index is 14.1. The van der Waals surface area contributed by atoms with E-state index in [1.54, 1.807) is 60.7 Å². The number of benzene rings is 5. The molecule has 220 valence electrons. The minimum Gasteiger partial charge on any atom is -0.323 e. The summed E-state index contributed by atoms with van der Waals surface area (Å²) in [4.78, 5) is 40.4. The number of para-hydroxylation sites is 1. The Morgan fingerprint density at radius 2 is 1.50 bits per heavy atom. The summed E-state index contributed by atoms with van der Waals surface area (Å²) in [5.74, 6) is -1.74. The van der Waals surface area contributed by atoms with E-state index in [0.29, 0.717) is 17.7 Å². The molecule has 5 aromatic rings. The largest absolute Gasteiger partial charge is 0.323 e. The molecule has 0 aliphatic carbocycles. The number of amides is 3. The second kappa shape index (κ2) is 14.3. The number of carbonyl (C=O) groups is 3. The molecule has 8 heteroatoms. The van der Waals surface area contributed by atoms with Crippen molar-refractivity contribution in [3.63, 3.8) is 0 Å². The van der Waals surface area contributed by atoms with E-state index in [1.165, 1.54) is 23.9 Å². The van der Waals surface area contributed by atoms with Gasteiger partial charge in [0.15, 0.2) is 0 Å². The smallest absolute Gasteiger partial charge is 0.272 e. The van der Waals surface area contributed by atoms with E-state index < -0.39 is 22.9 Å². The van der Waals surface area contributed by atoms with Crippen LogP contribution >= 0.6 is 11.8 Å². The molecule has 0 saturated carbocycles. The summed E-state index contributed by atoms with van der Waals surface area (Å²) in [5, 5.41) is 9.78. The fourth-order valence-corrected chi connectivity index (χ4v) is 5.60. The van der Waals surface area contributed by atoms with Gasteiger partial charge in [0.25, 0.3) is 11.8 Å². The van der Waals surface area contributed by atoms with Crippen LogP contribution in [0.2, 0.25) is 0 Å². The van der Waals surface area contributed by atoms with Gasteiger partial charge in [-0.15, -0.1) is 11.8 Å². The van der Waals surface area contributed by atoms with Gasteiger partial charge in [-0.25, -0.2) is 4.39 Å². The lowest BCUT2D eigenvalue weighted by atomic mass is 10.0. The Labute approximate surface area is 259 Å². The normalized spacial score (nSPS) is 11.9. The Bertz CT molecular complexity index is 1840. The molecule has 6 nitrogen and oxygen atoms in total. The highest BCUT2D eigenvalue weighted by Gasteiger charge is 2.20. The van der Waals surface area contributed by atoms with E-state index in [-0.39, 0.29) is 17.3 Å². The number of fused-ring (bicyclic) bond motifs is 1. The highest BCUT2D eigenvalue weighted by molar-refractivity contribution is 8.00. The zero-order chi connectivity index (χ0) is 30.9. The molecule has 5 aromatic carbocycles. The predicted molar refractivity (Wildman–Crippen MR) is 176 cm³/mol. The van der Waals surface area contributed by atoms with Gasteiger partial charge in [-0.3, -0.25) is 14.4 Å². The van der Waals surface area contributed by atoms with Crippen LogP contribution in [0.1, 0.15) is 29.3 Å². The summed E-state index contributed by atoms with van der Waals surface area (Å²) in [6, 6.07) is 35.4. The first-order valence-corrected chi connectivity index (χ1v) is 15.0. The number of halogens is 1. The fraction of sp³-hybridized carbons (Fsp3) is 0.0833. The minimum absolute atomic E-state index is 0.0731. The molecule has 0 radical (unpaired) electrons. The van der Waals surface area contributed by atoms with Crippen molar-refractivity contribution in [2.75, 3.05) is 10.6 Å². The lowest BCUT2D eigenvalue weighted by Crippen LogP contribution is -2.30. The first-order valence-electron chi connectivity index (χ1n) is 14.1. The summed E-state index contributed by atoms with van der Waals surface area (Å²) in [6.45, 7) is 1.88. The van der Waals surface area contributed by atoms with Crippen molar-refractivity contribution in [1.82, 2.24) is 5.32 Å². The molecular formula is C36H30FN3O3S. The van der Waals surface area contributed by atoms with E-state index in [1.807, 2.05) is 61.5 Å². The fourth-order valence-electron chi connectivity index (χ4n) is 4.58. The Hall–Kier alpha value is -5.21. The van der Waals surface area contributed by atoms with Gasteiger partial charge in [-0.05, 0) is 71.3 Å². The van der Waals surface area contributed by atoms with E-state index >= 15 is 0 Å². The molecule has 0 saturated heterocycles. The van der Waals surface area contributed by atoms with Gasteiger partial charge in [0.2, 0.25) is 5.91 Å². The van der Waals surface area contributed by atoms with Gasteiger partial charge >= 0.3 is 0 Å². The first-order chi connectivity index (χ1) is 21.4. The number of carbonyl (C=O) groups excluding carboxylic acids is 3. The topological polar surface area (TPSA) is 87.3 Å². The summed E-state index contributed by atoms with van der Waals surface area (Å²) in [5.41, 5.74) is 1.88. The number of nitrogens with one attached hydrogen (secondary N) is 3. The molecule has 0 aliphatic heterocycles. The van der Waals surface area contributed by atoms with Crippen LogP contribution in [-0.4, -0.2) is 23.0 Å². The summed E-state index contributed by atoms with van der Waals surface area (Å²) in [7, 11) is 0. The molecule has 0 fully saturated rings. The summed E-state index contributed by atoms with van der Waals surface area (Å²) >= 11 is 1.31. The van der Waals surface area contributed by atoms with Crippen LogP contribution in [0.5, 0.6) is 0 Å². The van der Waals surface area contributed by atoms with Crippen molar-refractivity contribution in [3.8, 4) is 0 Å². The van der Waals surface area contributed by atoms with Crippen LogP contribution in [0.4, 0.5) is 15.8 Å². The van der Waals surface area contributed by atoms with Crippen LogP contribution in [0.25, 0.3) is 16.8 Å². The van der Waals surface area contributed by atoms with Crippen LogP contribution < -0.4 is 16.0 Å². The number of hydrogen-bond acceptors (Lipinski definition) is 4. The third-order valence-corrected chi connectivity index (χ3v) is 8.18. The second-order valence-electron chi connectivity index (χ2n) is 9.91. The first kappa shape index (κ1) is 30.3. The third kappa shape index (κ3) is 7.59. The average Bonchev–Trinajstić information content (AvgIpc) is 3.05. The molecule has 44 heavy (non-hydrogen) atoms. The van der Waals surface area contributed by atoms with E-state index in [4.69, 9.17) is 0 Å². The van der Waals surface area contributed by atoms with Gasteiger partial charge < -0.3 is 16.0 Å². The molecule has 3 N–H and O–H groups in total. The Balaban J connectivity index is 1.37.